The van der Waals surface area contributed by atoms with Gasteiger partial charge in [-0.05, 0) is 42.5 Å². The molecule has 0 amide bonds. The third-order valence-corrected chi connectivity index (χ3v) is 1.91. The molecule has 0 atom stereocenters. The van der Waals surface area contributed by atoms with Crippen LogP contribution < -0.4 is 15.1 Å². The quantitative estimate of drug-likeness (QED) is 0.449. The average molecular weight is 233 g/mol. The van der Waals surface area contributed by atoms with Gasteiger partial charge in [-0.2, -0.15) is 0 Å². The summed E-state index contributed by atoms with van der Waals surface area (Å²) in [6, 6.07) is 7.62. The minimum Gasteiger partial charge on any atom is -0.494 e. The van der Waals surface area contributed by atoms with Crippen molar-refractivity contribution in [2.45, 2.75) is 19.8 Å². The highest BCUT2D eigenvalue weighted by molar-refractivity contribution is 6.13. The van der Waals surface area contributed by atoms with Crippen molar-refractivity contribution in [2.75, 3.05) is 12.0 Å². The molecular formula is C10H17ClN2O2. The topological polar surface area (TPSA) is 64.8 Å². The largest absolute Gasteiger partial charge is 0.494 e. The molecule has 0 unspecified atom stereocenters. The number of rotatable bonds is 6. The molecule has 0 aliphatic rings. The highest BCUT2D eigenvalue weighted by Gasteiger charge is 1.93. The molecule has 86 valence electrons. The zero-order valence-electron chi connectivity index (χ0n) is 8.72. The molecule has 0 aliphatic carbocycles. The summed E-state index contributed by atoms with van der Waals surface area (Å²) in [5.41, 5.74) is 3.67. The predicted molar refractivity (Wildman–Crippen MR) is 63.1 cm³/mol. The van der Waals surface area contributed by atoms with Crippen LogP contribution >= 0.6 is 11.8 Å². The smallest absolute Gasteiger partial charge is 0.119 e. The van der Waals surface area contributed by atoms with Crippen molar-refractivity contribution in [3.05, 3.63) is 24.3 Å². The van der Waals surface area contributed by atoms with Gasteiger partial charge in [0.25, 0.3) is 0 Å². The van der Waals surface area contributed by atoms with Gasteiger partial charge >= 0.3 is 0 Å². The van der Waals surface area contributed by atoms with Crippen molar-refractivity contribution < 1.29 is 10.2 Å². The van der Waals surface area contributed by atoms with Gasteiger partial charge in [-0.25, -0.2) is 0 Å². The van der Waals surface area contributed by atoms with Crippen LogP contribution in [0.3, 0.4) is 0 Å². The molecule has 0 spiro atoms. The Balaban J connectivity index is 0.00000196. The van der Waals surface area contributed by atoms with Gasteiger partial charge in [0.1, 0.15) is 5.75 Å². The van der Waals surface area contributed by atoms with Crippen LogP contribution in [0.15, 0.2) is 24.3 Å². The summed E-state index contributed by atoms with van der Waals surface area (Å²) in [6.07, 6.45) is 2.24. The molecule has 5 heteroatoms. The first-order valence-electron chi connectivity index (χ1n) is 4.71. The van der Waals surface area contributed by atoms with E-state index in [0.717, 1.165) is 30.9 Å². The molecule has 4 nitrogen and oxygen atoms in total. The predicted octanol–water partition coefficient (Wildman–Crippen LogP) is 2.11. The van der Waals surface area contributed by atoms with E-state index in [-0.39, 0.29) is 5.48 Å². The van der Waals surface area contributed by atoms with Crippen LogP contribution in [0.1, 0.15) is 19.8 Å². The highest BCUT2D eigenvalue weighted by Crippen LogP contribution is 2.15. The van der Waals surface area contributed by atoms with Crippen LogP contribution in [-0.4, -0.2) is 12.1 Å². The van der Waals surface area contributed by atoms with Crippen molar-refractivity contribution in [1.29, 1.82) is 0 Å². The van der Waals surface area contributed by atoms with Crippen LogP contribution in [0.2, 0.25) is 0 Å². The molecule has 15 heavy (non-hydrogen) atoms. The lowest BCUT2D eigenvalue weighted by atomic mass is 10.3. The zero-order chi connectivity index (χ0) is 10.2. The summed E-state index contributed by atoms with van der Waals surface area (Å²) in [7, 11) is 0. The normalized spacial score (nSPS) is 9.20. The van der Waals surface area contributed by atoms with Gasteiger partial charge in [-0.3, -0.25) is 0 Å². The van der Waals surface area contributed by atoms with Crippen LogP contribution in [-0.2, 0) is 0 Å². The van der Waals surface area contributed by atoms with Gasteiger partial charge in [-0.15, -0.1) is 4.94 Å². The summed E-state index contributed by atoms with van der Waals surface area (Å²) in [5.74, 6) is 0.888. The first kappa shape index (κ1) is 14.0. The Bertz CT molecular complexity index is 254. The average Bonchev–Trinajstić information content (AvgIpc) is 2.21. The number of hydrogen-bond acceptors (Lipinski definition) is 3. The van der Waals surface area contributed by atoms with Gasteiger partial charge in [0, 0.05) is 0 Å². The Kier molecular flexibility index (Phi) is 7.81. The Labute approximate surface area is 95.0 Å². The van der Waals surface area contributed by atoms with Crippen LogP contribution in [0.5, 0.6) is 5.75 Å². The second-order valence-electron chi connectivity index (χ2n) is 2.95. The van der Waals surface area contributed by atoms with Crippen molar-refractivity contribution in [1.82, 2.24) is 4.94 Å². The summed E-state index contributed by atoms with van der Waals surface area (Å²) in [6.45, 7) is 2.92. The molecule has 0 fully saturated rings. The van der Waals surface area contributed by atoms with E-state index in [1.807, 2.05) is 24.3 Å². The molecule has 0 aliphatic heterocycles. The van der Waals surface area contributed by atoms with Crippen LogP contribution in [0.25, 0.3) is 0 Å². The van der Waals surface area contributed by atoms with Gasteiger partial charge < -0.3 is 15.6 Å². The van der Waals surface area contributed by atoms with E-state index in [9.17, 15) is 0 Å². The SMILES string of the molecule is CCCCOc1ccc(NNCl)cc1.O. The minimum atomic E-state index is 0. The Morgan fingerprint density at radius 1 is 1.27 bits per heavy atom. The maximum Gasteiger partial charge on any atom is 0.119 e. The molecule has 0 aromatic heterocycles. The summed E-state index contributed by atoms with van der Waals surface area (Å²) < 4.78 is 5.50. The van der Waals surface area contributed by atoms with Crippen LogP contribution in [0, 0.1) is 0 Å². The summed E-state index contributed by atoms with van der Waals surface area (Å²) in [4.78, 5) is 2.34. The molecule has 1 rings (SSSR count). The second kappa shape index (κ2) is 8.35. The number of benzene rings is 1. The molecular weight excluding hydrogens is 216 g/mol. The summed E-state index contributed by atoms with van der Waals surface area (Å²) in [5, 5.41) is 0. The number of hydrogen-bond donors (Lipinski definition) is 2. The lowest BCUT2D eigenvalue weighted by molar-refractivity contribution is 0.309. The fourth-order valence-electron chi connectivity index (χ4n) is 1.02. The molecule has 4 N–H and O–H groups in total. The van der Waals surface area contributed by atoms with E-state index >= 15 is 0 Å². The maximum atomic E-state index is 5.50. The van der Waals surface area contributed by atoms with E-state index < -0.39 is 0 Å². The van der Waals surface area contributed by atoms with Crippen molar-refractivity contribution in [3.63, 3.8) is 0 Å². The first-order valence-corrected chi connectivity index (χ1v) is 5.09. The molecule has 0 heterocycles. The molecule has 0 bridgehead atoms. The monoisotopic (exact) mass is 232 g/mol. The highest BCUT2D eigenvalue weighted by atomic mass is 35.5. The number of nitrogens with one attached hydrogen (secondary N) is 2. The molecule has 0 saturated carbocycles. The third kappa shape index (κ3) is 5.47. The molecule has 0 radical (unpaired) electrons. The van der Waals surface area contributed by atoms with Crippen molar-refractivity contribution in [3.8, 4) is 5.75 Å². The van der Waals surface area contributed by atoms with E-state index in [0.29, 0.717) is 0 Å². The lowest BCUT2D eigenvalue weighted by Gasteiger charge is -2.06. The number of hydrazine groups is 1. The molecule has 0 saturated heterocycles. The minimum absolute atomic E-state index is 0. The van der Waals surface area contributed by atoms with Gasteiger partial charge in [0.15, 0.2) is 0 Å². The number of halogens is 1. The summed E-state index contributed by atoms with van der Waals surface area (Å²) >= 11 is 5.29. The van der Waals surface area contributed by atoms with Gasteiger partial charge in [-0.1, -0.05) is 13.3 Å². The van der Waals surface area contributed by atoms with Crippen molar-refractivity contribution >= 4 is 17.5 Å². The van der Waals surface area contributed by atoms with E-state index in [4.69, 9.17) is 16.5 Å². The Hall–Kier alpha value is -0.970. The Morgan fingerprint density at radius 2 is 1.93 bits per heavy atom. The standard InChI is InChI=1S/C10H15ClN2O.H2O/c1-2-3-8-14-10-6-4-9(5-7-10)12-13-11;/h4-7,12-13H,2-3,8H2,1H3;1H2. The Morgan fingerprint density at radius 3 is 2.47 bits per heavy atom. The van der Waals surface area contributed by atoms with Crippen LogP contribution in [0.4, 0.5) is 5.69 Å². The fraction of sp³-hybridized carbons (Fsp3) is 0.400. The molecule has 1 aromatic carbocycles. The number of ether oxygens (including phenoxy) is 1. The van der Waals surface area contributed by atoms with E-state index in [2.05, 4.69) is 17.3 Å². The zero-order valence-corrected chi connectivity index (χ0v) is 9.47. The fourth-order valence-corrected chi connectivity index (χ4v) is 1.13. The maximum absolute atomic E-state index is 5.50. The first-order chi connectivity index (χ1) is 6.86. The number of anilines is 1. The van der Waals surface area contributed by atoms with E-state index in [1.54, 1.807) is 0 Å². The van der Waals surface area contributed by atoms with E-state index in [1.165, 1.54) is 0 Å². The van der Waals surface area contributed by atoms with Gasteiger partial charge in [0.05, 0.1) is 12.3 Å². The lowest BCUT2D eigenvalue weighted by Crippen LogP contribution is -2.08. The van der Waals surface area contributed by atoms with Gasteiger partial charge in [0.2, 0.25) is 0 Å². The number of unbranched alkanes of at least 4 members (excludes halogenated alkanes) is 1. The molecule has 1 aromatic rings. The van der Waals surface area contributed by atoms with Crippen molar-refractivity contribution in [2.24, 2.45) is 0 Å². The second-order valence-corrected chi connectivity index (χ2v) is 3.13. The third-order valence-electron chi connectivity index (χ3n) is 1.81.